The summed E-state index contributed by atoms with van der Waals surface area (Å²) in [5, 5.41) is 6.68. The van der Waals surface area contributed by atoms with Gasteiger partial charge in [0, 0.05) is 54.7 Å². The molecule has 0 radical (unpaired) electrons. The van der Waals surface area contributed by atoms with Gasteiger partial charge in [-0.1, -0.05) is 18.2 Å². The fourth-order valence-electron chi connectivity index (χ4n) is 4.08. The molecular formula is C24H23F2N7OS. The van der Waals surface area contributed by atoms with Gasteiger partial charge < -0.3 is 21.3 Å². The lowest BCUT2D eigenvalue weighted by Gasteiger charge is -2.14. The average molecular weight is 496 g/mol. The van der Waals surface area contributed by atoms with Crippen molar-refractivity contribution >= 4 is 33.4 Å². The quantitative estimate of drug-likeness (QED) is 0.332. The maximum Gasteiger partial charge on any atom is 0.317 e. The Labute approximate surface area is 204 Å². The van der Waals surface area contributed by atoms with Gasteiger partial charge in [-0.25, -0.2) is 24.1 Å². The molecule has 2 amide bonds. The number of nitrogens with one attached hydrogen (secondary N) is 2. The Morgan fingerprint density at radius 2 is 2.09 bits per heavy atom. The summed E-state index contributed by atoms with van der Waals surface area (Å²) in [6, 6.07) is 8.47. The highest BCUT2D eigenvalue weighted by molar-refractivity contribution is 7.22. The van der Waals surface area contributed by atoms with Crippen molar-refractivity contribution in [2.75, 3.05) is 31.5 Å². The number of nitrogens with zero attached hydrogens (tertiary/aromatic N) is 4. The smallest absolute Gasteiger partial charge is 0.317 e. The van der Waals surface area contributed by atoms with Gasteiger partial charge in [0.15, 0.2) is 5.82 Å². The van der Waals surface area contributed by atoms with E-state index in [2.05, 4.69) is 25.6 Å². The maximum absolute atomic E-state index is 14.8. The van der Waals surface area contributed by atoms with Crippen molar-refractivity contribution in [2.24, 2.45) is 5.73 Å². The Morgan fingerprint density at radius 1 is 1.23 bits per heavy atom. The van der Waals surface area contributed by atoms with Gasteiger partial charge in [0.25, 0.3) is 0 Å². The maximum atomic E-state index is 14.8. The molecule has 1 aliphatic rings. The molecule has 1 fully saturated rings. The van der Waals surface area contributed by atoms with Crippen molar-refractivity contribution in [1.29, 1.82) is 0 Å². The topological polar surface area (TPSA) is 109 Å². The van der Waals surface area contributed by atoms with E-state index in [0.29, 0.717) is 36.6 Å². The van der Waals surface area contributed by atoms with Crippen molar-refractivity contribution in [3.05, 3.63) is 60.1 Å². The highest BCUT2D eigenvalue weighted by Gasteiger charge is 2.20. The second-order valence-electron chi connectivity index (χ2n) is 8.25. The first-order valence-corrected chi connectivity index (χ1v) is 12.0. The van der Waals surface area contributed by atoms with Crippen molar-refractivity contribution in [3.63, 3.8) is 0 Å². The molecule has 0 bridgehead atoms. The normalized spacial score (nSPS) is 14.4. The minimum Gasteiger partial charge on any atom is -0.352 e. The van der Waals surface area contributed by atoms with Crippen molar-refractivity contribution in [1.82, 2.24) is 25.2 Å². The monoisotopic (exact) mass is 495 g/mol. The molecule has 1 aromatic carbocycles. The van der Waals surface area contributed by atoms with E-state index in [1.165, 1.54) is 23.6 Å². The number of halogens is 2. The molecule has 0 saturated carbocycles. The first-order valence-electron chi connectivity index (χ1n) is 11.1. The molecule has 35 heavy (non-hydrogen) atoms. The molecule has 1 atom stereocenters. The molecule has 4 heterocycles. The SMILES string of the molecule is C[C@@H](N)c1cnc(F)cc1-c1cccc2cc(-c3nc(NCCN4CCNC4=O)ncc3F)sc12. The summed E-state index contributed by atoms with van der Waals surface area (Å²) < 4.78 is 29.7. The first kappa shape index (κ1) is 23.1. The van der Waals surface area contributed by atoms with Crippen LogP contribution in [0.5, 0.6) is 0 Å². The van der Waals surface area contributed by atoms with Crippen LogP contribution in [0.15, 0.2) is 42.7 Å². The van der Waals surface area contributed by atoms with Gasteiger partial charge in [-0.15, -0.1) is 11.3 Å². The Balaban J connectivity index is 1.47. The standard InChI is InChI=1S/C24H23F2N7OS/c1-13(27)17-11-30-20(26)10-16(17)15-4-2-3-14-9-19(35-22(14)15)21-18(25)12-31-23(32-21)28-5-7-33-8-6-29-24(33)34/h2-4,9-13H,5-8,27H2,1H3,(H,29,34)(H,28,31,32)/t13-/m1/s1. The summed E-state index contributed by atoms with van der Waals surface area (Å²) in [5.41, 5.74) is 8.45. The highest BCUT2D eigenvalue weighted by Crippen LogP contribution is 2.41. The molecule has 0 aliphatic carbocycles. The summed E-state index contributed by atoms with van der Waals surface area (Å²) >= 11 is 1.36. The Kier molecular flexibility index (Phi) is 6.27. The summed E-state index contributed by atoms with van der Waals surface area (Å²) in [6.45, 7) is 4.01. The van der Waals surface area contributed by atoms with Crippen LogP contribution in [0, 0.1) is 11.8 Å². The van der Waals surface area contributed by atoms with E-state index in [9.17, 15) is 13.6 Å². The lowest BCUT2D eigenvalue weighted by molar-refractivity contribution is 0.219. The second-order valence-corrected chi connectivity index (χ2v) is 9.31. The zero-order chi connectivity index (χ0) is 24.5. The number of hydrogen-bond acceptors (Lipinski definition) is 7. The molecule has 4 N–H and O–H groups in total. The number of hydrogen-bond donors (Lipinski definition) is 3. The third kappa shape index (κ3) is 4.64. The van der Waals surface area contributed by atoms with E-state index < -0.39 is 11.8 Å². The number of rotatable bonds is 7. The van der Waals surface area contributed by atoms with Gasteiger partial charge in [-0.2, -0.15) is 4.39 Å². The number of thiophene rings is 1. The van der Waals surface area contributed by atoms with E-state index in [1.807, 2.05) is 31.2 Å². The fraction of sp³-hybridized carbons (Fsp3) is 0.250. The lowest BCUT2D eigenvalue weighted by Crippen LogP contribution is -2.32. The van der Waals surface area contributed by atoms with Crippen LogP contribution in [0.3, 0.4) is 0 Å². The van der Waals surface area contributed by atoms with Gasteiger partial charge in [-0.05, 0) is 29.5 Å². The van der Waals surface area contributed by atoms with Gasteiger partial charge in [-0.3, -0.25) is 0 Å². The van der Waals surface area contributed by atoms with Crippen LogP contribution in [0.4, 0.5) is 19.5 Å². The van der Waals surface area contributed by atoms with E-state index in [-0.39, 0.29) is 23.7 Å². The van der Waals surface area contributed by atoms with E-state index in [1.54, 1.807) is 4.90 Å². The number of aromatic nitrogens is 3. The molecule has 1 saturated heterocycles. The minimum absolute atomic E-state index is 0.102. The molecule has 5 rings (SSSR count). The van der Waals surface area contributed by atoms with Crippen LogP contribution >= 0.6 is 11.3 Å². The third-order valence-electron chi connectivity index (χ3n) is 5.81. The number of nitrogens with two attached hydrogens (primary N) is 1. The van der Waals surface area contributed by atoms with Crippen LogP contribution in [0.1, 0.15) is 18.5 Å². The number of carbonyl (C=O) groups is 1. The Bertz CT molecular complexity index is 1410. The van der Waals surface area contributed by atoms with Gasteiger partial charge in [0.2, 0.25) is 11.9 Å². The van der Waals surface area contributed by atoms with Crippen molar-refractivity contribution < 1.29 is 13.6 Å². The summed E-state index contributed by atoms with van der Waals surface area (Å²) in [4.78, 5) is 26.1. The van der Waals surface area contributed by atoms with E-state index >= 15 is 0 Å². The summed E-state index contributed by atoms with van der Waals surface area (Å²) in [6.07, 6.45) is 2.58. The number of fused-ring (bicyclic) bond motifs is 1. The van der Waals surface area contributed by atoms with Crippen LogP contribution in [0.2, 0.25) is 0 Å². The molecular weight excluding hydrogens is 472 g/mol. The highest BCUT2D eigenvalue weighted by atomic mass is 32.1. The van der Waals surface area contributed by atoms with Crippen molar-refractivity contribution in [3.8, 4) is 21.7 Å². The molecule has 4 aromatic rings. The molecule has 1 aliphatic heterocycles. The lowest BCUT2D eigenvalue weighted by atomic mass is 9.97. The number of benzene rings is 1. The molecule has 0 spiro atoms. The molecule has 8 nitrogen and oxygen atoms in total. The van der Waals surface area contributed by atoms with E-state index in [4.69, 9.17) is 5.73 Å². The fourth-order valence-corrected chi connectivity index (χ4v) is 5.26. The summed E-state index contributed by atoms with van der Waals surface area (Å²) in [7, 11) is 0. The molecule has 180 valence electrons. The van der Waals surface area contributed by atoms with Gasteiger partial charge in [0.1, 0.15) is 5.69 Å². The Hall–Kier alpha value is -3.70. The second kappa shape index (κ2) is 9.51. The van der Waals surface area contributed by atoms with Crippen LogP contribution < -0.4 is 16.4 Å². The average Bonchev–Trinajstić information content (AvgIpc) is 3.45. The predicted molar refractivity (Wildman–Crippen MR) is 132 cm³/mol. The van der Waals surface area contributed by atoms with Crippen LogP contribution in [-0.4, -0.2) is 52.1 Å². The number of urea groups is 1. The van der Waals surface area contributed by atoms with E-state index in [0.717, 1.165) is 27.4 Å². The first-order chi connectivity index (χ1) is 16.9. The minimum atomic E-state index is -0.595. The Morgan fingerprint density at radius 3 is 2.86 bits per heavy atom. The summed E-state index contributed by atoms with van der Waals surface area (Å²) in [5.74, 6) is -0.870. The zero-order valence-electron chi connectivity index (χ0n) is 18.9. The van der Waals surface area contributed by atoms with Crippen LogP contribution in [-0.2, 0) is 0 Å². The van der Waals surface area contributed by atoms with Crippen molar-refractivity contribution in [2.45, 2.75) is 13.0 Å². The predicted octanol–water partition coefficient (Wildman–Crippen LogP) is 4.16. The number of amides is 2. The molecule has 11 heteroatoms. The zero-order valence-corrected chi connectivity index (χ0v) is 19.7. The van der Waals surface area contributed by atoms with Crippen LogP contribution in [0.25, 0.3) is 31.8 Å². The van der Waals surface area contributed by atoms with Gasteiger partial charge >= 0.3 is 6.03 Å². The third-order valence-corrected chi connectivity index (χ3v) is 7.00. The number of anilines is 1. The number of pyridine rings is 1. The largest absolute Gasteiger partial charge is 0.352 e. The number of carbonyl (C=O) groups excluding carboxylic acids is 1. The molecule has 0 unspecified atom stereocenters. The molecule has 3 aromatic heterocycles. The van der Waals surface area contributed by atoms with Gasteiger partial charge in [0.05, 0.1) is 11.1 Å².